The van der Waals surface area contributed by atoms with Crippen LogP contribution in [0.25, 0.3) is 10.8 Å². The number of hydrogen-bond acceptors (Lipinski definition) is 1. The summed E-state index contributed by atoms with van der Waals surface area (Å²) in [6.07, 6.45) is 7.51. The molecule has 2 aromatic rings. The number of benzene rings is 2. The van der Waals surface area contributed by atoms with Gasteiger partial charge in [0.2, 0.25) is 0 Å². The van der Waals surface area contributed by atoms with E-state index in [1.54, 1.807) is 0 Å². The average Bonchev–Trinajstić information content (AvgIpc) is 3.12. The van der Waals surface area contributed by atoms with E-state index in [0.717, 1.165) is 11.8 Å². The summed E-state index contributed by atoms with van der Waals surface area (Å²) >= 11 is 0. The second-order valence-corrected chi connectivity index (χ2v) is 7.29. The van der Waals surface area contributed by atoms with E-state index in [-0.39, 0.29) is 6.10 Å². The zero-order chi connectivity index (χ0) is 14.0. The number of aryl methyl sites for hydroxylation is 2. The van der Waals surface area contributed by atoms with Crippen LogP contribution in [0.1, 0.15) is 48.5 Å². The predicted octanol–water partition coefficient (Wildman–Crippen LogP) is 4.41. The largest absolute Gasteiger partial charge is 0.388 e. The summed E-state index contributed by atoms with van der Waals surface area (Å²) in [4.78, 5) is 0. The van der Waals surface area contributed by atoms with Crippen LogP contribution in [0.5, 0.6) is 0 Å². The fourth-order valence-electron chi connectivity index (χ4n) is 5.25. The summed E-state index contributed by atoms with van der Waals surface area (Å²) in [5.74, 6) is 2.14. The highest BCUT2D eigenvalue weighted by molar-refractivity contribution is 5.93. The molecule has 0 heterocycles. The predicted molar refractivity (Wildman–Crippen MR) is 85.3 cm³/mol. The zero-order valence-electron chi connectivity index (χ0n) is 12.4. The Morgan fingerprint density at radius 1 is 0.905 bits per heavy atom. The summed E-state index contributed by atoms with van der Waals surface area (Å²) in [6, 6.07) is 11.1. The number of aliphatic hydroxyl groups is 1. The Labute approximate surface area is 126 Å². The Balaban J connectivity index is 1.59. The molecule has 3 aliphatic rings. The van der Waals surface area contributed by atoms with Crippen molar-refractivity contribution in [3.8, 4) is 0 Å². The molecule has 0 bridgehead atoms. The highest BCUT2D eigenvalue weighted by atomic mass is 16.3. The maximum Gasteiger partial charge on any atom is 0.0829 e. The van der Waals surface area contributed by atoms with Gasteiger partial charge in [-0.3, -0.25) is 0 Å². The van der Waals surface area contributed by atoms with Crippen molar-refractivity contribution in [1.82, 2.24) is 0 Å². The molecule has 0 aromatic heterocycles. The minimum atomic E-state index is -0.247. The van der Waals surface area contributed by atoms with Gasteiger partial charge in [-0.15, -0.1) is 0 Å². The lowest BCUT2D eigenvalue weighted by molar-refractivity contribution is 0.143. The van der Waals surface area contributed by atoms with Crippen LogP contribution in [-0.2, 0) is 12.8 Å². The normalized spacial score (nSPS) is 31.2. The molecule has 0 aliphatic heterocycles. The van der Waals surface area contributed by atoms with Gasteiger partial charge in [0, 0.05) is 0 Å². The van der Waals surface area contributed by atoms with Crippen molar-refractivity contribution in [2.75, 3.05) is 0 Å². The maximum absolute atomic E-state index is 11.0. The fourth-order valence-corrected chi connectivity index (χ4v) is 5.25. The molecule has 0 amide bonds. The van der Waals surface area contributed by atoms with Gasteiger partial charge in [0.25, 0.3) is 0 Å². The lowest BCUT2D eigenvalue weighted by atomic mass is 9.94. The molecule has 2 saturated carbocycles. The van der Waals surface area contributed by atoms with Gasteiger partial charge in [-0.1, -0.05) is 43.2 Å². The summed E-state index contributed by atoms with van der Waals surface area (Å²) in [5, 5.41) is 13.8. The third-order valence-corrected chi connectivity index (χ3v) is 6.32. The molecule has 3 unspecified atom stereocenters. The summed E-state index contributed by atoms with van der Waals surface area (Å²) in [6.45, 7) is 0. The minimum absolute atomic E-state index is 0.247. The Morgan fingerprint density at radius 3 is 2.38 bits per heavy atom. The topological polar surface area (TPSA) is 20.2 Å². The molecule has 2 aromatic carbocycles. The maximum atomic E-state index is 11.0. The first kappa shape index (κ1) is 12.2. The average molecular weight is 278 g/mol. The van der Waals surface area contributed by atoms with E-state index >= 15 is 0 Å². The van der Waals surface area contributed by atoms with Crippen molar-refractivity contribution < 1.29 is 5.11 Å². The molecule has 0 spiro atoms. The second kappa shape index (κ2) is 4.33. The van der Waals surface area contributed by atoms with E-state index in [0.29, 0.717) is 5.92 Å². The number of rotatable bonds is 2. The summed E-state index contributed by atoms with van der Waals surface area (Å²) in [5.41, 5.74) is 4.14. The Morgan fingerprint density at radius 2 is 1.62 bits per heavy atom. The minimum Gasteiger partial charge on any atom is -0.388 e. The van der Waals surface area contributed by atoms with Gasteiger partial charge in [-0.05, 0) is 70.9 Å². The van der Waals surface area contributed by atoms with E-state index < -0.39 is 0 Å². The van der Waals surface area contributed by atoms with Crippen molar-refractivity contribution in [2.24, 2.45) is 17.8 Å². The van der Waals surface area contributed by atoms with Gasteiger partial charge in [0.05, 0.1) is 6.10 Å². The van der Waals surface area contributed by atoms with Crippen molar-refractivity contribution in [3.05, 3.63) is 47.0 Å². The molecule has 108 valence electrons. The monoisotopic (exact) mass is 278 g/mol. The van der Waals surface area contributed by atoms with Gasteiger partial charge in [0.15, 0.2) is 0 Å². The van der Waals surface area contributed by atoms with Crippen LogP contribution >= 0.6 is 0 Å². The van der Waals surface area contributed by atoms with E-state index in [9.17, 15) is 5.11 Å². The van der Waals surface area contributed by atoms with Crippen LogP contribution < -0.4 is 0 Å². The molecule has 1 nitrogen and oxygen atoms in total. The highest BCUT2D eigenvalue weighted by Crippen LogP contribution is 2.60. The first-order chi connectivity index (χ1) is 10.3. The molecule has 3 aliphatic carbocycles. The lowest BCUT2D eigenvalue weighted by Crippen LogP contribution is -2.03. The van der Waals surface area contributed by atoms with Crippen molar-refractivity contribution >= 4 is 10.8 Å². The molecular formula is C20H22O. The molecule has 21 heavy (non-hydrogen) atoms. The smallest absolute Gasteiger partial charge is 0.0829 e. The van der Waals surface area contributed by atoms with Crippen LogP contribution in [0.2, 0.25) is 0 Å². The summed E-state index contributed by atoms with van der Waals surface area (Å²) < 4.78 is 0. The standard InChI is InChI=1S/C20H22O/c21-20(19-14-5-1-2-6-15(14)19)17-11-10-13-9-8-12-4-3-7-16(17)18(12)13/h3-4,7,10-11,14-15,19-21H,1-2,5-6,8-9H2. The molecule has 1 heteroatoms. The molecule has 5 rings (SSSR count). The Kier molecular flexibility index (Phi) is 2.52. The Hall–Kier alpha value is -1.34. The van der Waals surface area contributed by atoms with Gasteiger partial charge in [-0.25, -0.2) is 0 Å². The van der Waals surface area contributed by atoms with Crippen molar-refractivity contribution in [3.63, 3.8) is 0 Å². The number of fused-ring (bicyclic) bond motifs is 1. The molecule has 2 fully saturated rings. The van der Waals surface area contributed by atoms with E-state index in [1.165, 1.54) is 66.0 Å². The molecule has 1 N–H and O–H groups in total. The van der Waals surface area contributed by atoms with Crippen LogP contribution in [-0.4, -0.2) is 5.11 Å². The molecular weight excluding hydrogens is 256 g/mol. The fraction of sp³-hybridized carbons (Fsp3) is 0.500. The third-order valence-electron chi connectivity index (χ3n) is 6.32. The number of hydrogen-bond donors (Lipinski definition) is 1. The first-order valence-corrected chi connectivity index (χ1v) is 8.56. The second-order valence-electron chi connectivity index (χ2n) is 7.29. The molecule has 0 radical (unpaired) electrons. The van der Waals surface area contributed by atoms with Crippen molar-refractivity contribution in [1.29, 1.82) is 0 Å². The van der Waals surface area contributed by atoms with Crippen LogP contribution in [0.15, 0.2) is 30.3 Å². The Bertz CT molecular complexity index is 695. The van der Waals surface area contributed by atoms with Crippen molar-refractivity contribution in [2.45, 2.75) is 44.6 Å². The number of aliphatic hydroxyl groups excluding tert-OH is 1. The van der Waals surface area contributed by atoms with E-state index in [1.807, 2.05) is 0 Å². The van der Waals surface area contributed by atoms with E-state index in [2.05, 4.69) is 30.3 Å². The van der Waals surface area contributed by atoms with Crippen LogP contribution in [0.3, 0.4) is 0 Å². The SMILES string of the molecule is OC(c1ccc2c3c(cccc13)CC2)C1C2CCCCC21. The van der Waals surface area contributed by atoms with Gasteiger partial charge in [-0.2, -0.15) is 0 Å². The summed E-state index contributed by atoms with van der Waals surface area (Å²) in [7, 11) is 0. The third kappa shape index (κ3) is 1.67. The highest BCUT2D eigenvalue weighted by Gasteiger charge is 2.54. The first-order valence-electron chi connectivity index (χ1n) is 8.56. The van der Waals surface area contributed by atoms with Gasteiger partial charge in [0.1, 0.15) is 0 Å². The molecule has 0 saturated heterocycles. The zero-order valence-corrected chi connectivity index (χ0v) is 12.4. The van der Waals surface area contributed by atoms with Crippen LogP contribution in [0, 0.1) is 17.8 Å². The lowest BCUT2D eigenvalue weighted by Gasteiger charge is -2.15. The van der Waals surface area contributed by atoms with Gasteiger partial charge < -0.3 is 5.11 Å². The quantitative estimate of drug-likeness (QED) is 0.863. The van der Waals surface area contributed by atoms with E-state index in [4.69, 9.17) is 0 Å². The van der Waals surface area contributed by atoms with Gasteiger partial charge >= 0.3 is 0 Å². The van der Waals surface area contributed by atoms with Crippen LogP contribution in [0.4, 0.5) is 0 Å². The molecule has 3 atom stereocenters.